The second kappa shape index (κ2) is 6.06. The van der Waals surface area contributed by atoms with Crippen LogP contribution >= 0.6 is 0 Å². The summed E-state index contributed by atoms with van der Waals surface area (Å²) in [5, 5.41) is 0. The molecule has 0 bridgehead atoms. The van der Waals surface area contributed by atoms with E-state index in [9.17, 15) is 4.79 Å². The molecule has 1 atom stereocenters. The first-order chi connectivity index (χ1) is 9.83. The Bertz CT molecular complexity index is 585. The van der Waals surface area contributed by atoms with Gasteiger partial charge in [0.05, 0.1) is 0 Å². The summed E-state index contributed by atoms with van der Waals surface area (Å²) in [6, 6.07) is 14.6. The minimum absolute atomic E-state index is 0.0285. The number of benzene rings is 1. The predicted octanol–water partition coefficient (Wildman–Crippen LogP) is 3.10. The molecule has 0 radical (unpaired) electrons. The van der Waals surface area contributed by atoms with E-state index in [1.54, 1.807) is 6.07 Å². The van der Waals surface area contributed by atoms with Crippen LogP contribution in [0.15, 0.2) is 53.5 Å². The van der Waals surface area contributed by atoms with Crippen LogP contribution in [-0.2, 0) is 6.54 Å². The van der Waals surface area contributed by atoms with E-state index in [1.165, 1.54) is 30.4 Å². The van der Waals surface area contributed by atoms with Gasteiger partial charge in [0.25, 0.3) is 0 Å². The summed E-state index contributed by atoms with van der Waals surface area (Å²) in [5.74, 6) is 0. The number of rotatable bonds is 3. The summed E-state index contributed by atoms with van der Waals surface area (Å²) in [7, 11) is 0. The third-order valence-corrected chi connectivity index (χ3v) is 4.04. The van der Waals surface area contributed by atoms with Crippen molar-refractivity contribution in [1.82, 2.24) is 9.88 Å². The summed E-state index contributed by atoms with van der Waals surface area (Å²) in [5.41, 5.74) is 2.54. The molecule has 3 heteroatoms. The number of pyridine rings is 1. The van der Waals surface area contributed by atoms with Gasteiger partial charge in [-0.05, 0) is 30.5 Å². The predicted molar refractivity (Wildman–Crippen MR) is 80.5 cm³/mol. The lowest BCUT2D eigenvalue weighted by Gasteiger charge is -2.36. The smallest absolute Gasteiger partial charge is 0.247 e. The van der Waals surface area contributed by atoms with E-state index >= 15 is 0 Å². The highest BCUT2D eigenvalue weighted by Crippen LogP contribution is 2.31. The molecule has 20 heavy (non-hydrogen) atoms. The summed E-state index contributed by atoms with van der Waals surface area (Å²) < 4.78 is 0. The highest BCUT2D eigenvalue weighted by molar-refractivity contribution is 5.18. The number of piperidine rings is 1. The molecule has 2 heterocycles. The zero-order chi connectivity index (χ0) is 13.8. The molecule has 1 saturated heterocycles. The van der Waals surface area contributed by atoms with Crippen molar-refractivity contribution in [3.8, 4) is 0 Å². The summed E-state index contributed by atoms with van der Waals surface area (Å²) in [4.78, 5) is 16.5. The van der Waals surface area contributed by atoms with Crippen molar-refractivity contribution in [2.75, 3.05) is 6.54 Å². The fourth-order valence-corrected chi connectivity index (χ4v) is 3.01. The van der Waals surface area contributed by atoms with Crippen molar-refractivity contribution in [2.24, 2.45) is 0 Å². The van der Waals surface area contributed by atoms with Crippen molar-refractivity contribution in [2.45, 2.75) is 31.8 Å². The summed E-state index contributed by atoms with van der Waals surface area (Å²) >= 11 is 0. The van der Waals surface area contributed by atoms with E-state index in [0.717, 1.165) is 13.1 Å². The molecule has 104 valence electrons. The van der Waals surface area contributed by atoms with Crippen molar-refractivity contribution < 1.29 is 0 Å². The Balaban J connectivity index is 1.80. The molecule has 3 nitrogen and oxygen atoms in total. The molecule has 0 unspecified atom stereocenters. The number of aromatic amines is 1. The second-order valence-electron chi connectivity index (χ2n) is 5.45. The van der Waals surface area contributed by atoms with E-state index in [4.69, 9.17) is 0 Å². The standard InChI is InChI=1S/C17H20N2O/c20-17-10-9-15(12-18-17)16-8-4-5-11-19(16)13-14-6-2-1-3-7-14/h1-3,6-7,9-10,12,16H,4-5,8,11,13H2,(H,18,20)/t16-/m1/s1. The van der Waals surface area contributed by atoms with Gasteiger partial charge in [-0.3, -0.25) is 9.69 Å². The van der Waals surface area contributed by atoms with Crippen LogP contribution in [0, 0.1) is 0 Å². The van der Waals surface area contributed by atoms with Crippen LogP contribution in [0.2, 0.25) is 0 Å². The fraction of sp³-hybridized carbons (Fsp3) is 0.353. The van der Waals surface area contributed by atoms with E-state index in [0.29, 0.717) is 6.04 Å². The topological polar surface area (TPSA) is 36.1 Å². The summed E-state index contributed by atoms with van der Waals surface area (Å²) in [6.07, 6.45) is 5.55. The van der Waals surface area contributed by atoms with Crippen molar-refractivity contribution in [3.63, 3.8) is 0 Å². The molecule has 0 aliphatic carbocycles. The molecule has 1 N–H and O–H groups in total. The average molecular weight is 268 g/mol. The second-order valence-corrected chi connectivity index (χ2v) is 5.45. The lowest BCUT2D eigenvalue weighted by Crippen LogP contribution is -2.33. The van der Waals surface area contributed by atoms with Crippen LogP contribution in [0.3, 0.4) is 0 Å². The molecule has 1 fully saturated rings. The van der Waals surface area contributed by atoms with Crippen molar-refractivity contribution in [3.05, 3.63) is 70.1 Å². The minimum atomic E-state index is -0.0285. The van der Waals surface area contributed by atoms with Gasteiger partial charge in [-0.15, -0.1) is 0 Å². The maximum Gasteiger partial charge on any atom is 0.247 e. The number of nitrogens with one attached hydrogen (secondary N) is 1. The van der Waals surface area contributed by atoms with Gasteiger partial charge in [-0.2, -0.15) is 0 Å². The molecule has 0 saturated carbocycles. The first kappa shape index (κ1) is 13.1. The Kier molecular flexibility index (Phi) is 3.97. The van der Waals surface area contributed by atoms with Gasteiger partial charge in [-0.25, -0.2) is 0 Å². The van der Waals surface area contributed by atoms with Crippen LogP contribution < -0.4 is 5.56 Å². The third-order valence-electron chi connectivity index (χ3n) is 4.04. The van der Waals surface area contributed by atoms with E-state index in [1.807, 2.05) is 12.3 Å². The number of hydrogen-bond donors (Lipinski definition) is 1. The van der Waals surface area contributed by atoms with Crippen molar-refractivity contribution >= 4 is 0 Å². The number of hydrogen-bond acceptors (Lipinski definition) is 2. The maximum atomic E-state index is 11.2. The molecular weight excluding hydrogens is 248 g/mol. The fourth-order valence-electron chi connectivity index (χ4n) is 3.01. The van der Waals surface area contributed by atoms with Crippen LogP contribution in [0.4, 0.5) is 0 Å². The first-order valence-corrected chi connectivity index (χ1v) is 7.29. The third kappa shape index (κ3) is 2.99. The van der Waals surface area contributed by atoms with Gasteiger partial charge < -0.3 is 4.98 Å². The molecule has 1 aromatic carbocycles. The first-order valence-electron chi connectivity index (χ1n) is 7.29. The normalized spacial score (nSPS) is 19.9. The Morgan fingerprint density at radius 3 is 2.70 bits per heavy atom. The number of aromatic nitrogens is 1. The van der Waals surface area contributed by atoms with Gasteiger partial charge in [0.1, 0.15) is 0 Å². The van der Waals surface area contributed by atoms with Gasteiger partial charge in [0.15, 0.2) is 0 Å². The van der Waals surface area contributed by atoms with Crippen LogP contribution in [0.5, 0.6) is 0 Å². The van der Waals surface area contributed by atoms with E-state index in [-0.39, 0.29) is 5.56 Å². The Labute approximate surface area is 119 Å². The molecule has 2 aromatic rings. The Morgan fingerprint density at radius 2 is 1.95 bits per heavy atom. The molecule has 1 aliphatic heterocycles. The summed E-state index contributed by atoms with van der Waals surface area (Å²) in [6.45, 7) is 2.10. The van der Waals surface area contributed by atoms with Crippen molar-refractivity contribution in [1.29, 1.82) is 0 Å². The molecule has 0 spiro atoms. The van der Waals surface area contributed by atoms with Gasteiger partial charge in [0, 0.05) is 24.8 Å². The molecular formula is C17H20N2O. The van der Waals surface area contributed by atoms with E-state index < -0.39 is 0 Å². The van der Waals surface area contributed by atoms with Crippen LogP contribution in [0.1, 0.15) is 36.4 Å². The van der Waals surface area contributed by atoms with Crippen LogP contribution in [-0.4, -0.2) is 16.4 Å². The maximum absolute atomic E-state index is 11.2. The lowest BCUT2D eigenvalue weighted by molar-refractivity contribution is 0.140. The molecule has 3 rings (SSSR count). The zero-order valence-corrected chi connectivity index (χ0v) is 11.6. The number of likely N-dealkylation sites (tertiary alicyclic amines) is 1. The Morgan fingerprint density at radius 1 is 1.10 bits per heavy atom. The molecule has 1 aliphatic rings. The van der Waals surface area contributed by atoms with Crippen LogP contribution in [0.25, 0.3) is 0 Å². The molecule has 0 amide bonds. The highest BCUT2D eigenvalue weighted by Gasteiger charge is 2.23. The van der Waals surface area contributed by atoms with E-state index in [2.05, 4.69) is 40.2 Å². The van der Waals surface area contributed by atoms with Gasteiger partial charge in [0.2, 0.25) is 5.56 Å². The van der Waals surface area contributed by atoms with Gasteiger partial charge in [-0.1, -0.05) is 42.8 Å². The number of nitrogens with zero attached hydrogens (tertiary/aromatic N) is 1. The highest BCUT2D eigenvalue weighted by atomic mass is 16.1. The van der Waals surface area contributed by atoms with Gasteiger partial charge >= 0.3 is 0 Å². The minimum Gasteiger partial charge on any atom is -0.329 e. The Hall–Kier alpha value is -1.87. The lowest BCUT2D eigenvalue weighted by atomic mass is 9.96. The number of H-pyrrole nitrogens is 1. The largest absolute Gasteiger partial charge is 0.329 e. The monoisotopic (exact) mass is 268 g/mol. The average Bonchev–Trinajstić information content (AvgIpc) is 2.50. The SMILES string of the molecule is O=c1ccc([C@H]2CCCCN2Cc2ccccc2)c[nH]1. The molecule has 1 aromatic heterocycles. The zero-order valence-electron chi connectivity index (χ0n) is 11.6. The quantitative estimate of drug-likeness (QED) is 0.928.